The third-order valence-electron chi connectivity index (χ3n) is 6.89. The molecule has 158 valence electrons. The number of nitrogens with one attached hydrogen (secondary N) is 1. The Morgan fingerprint density at radius 3 is 2.60 bits per heavy atom. The van der Waals surface area contributed by atoms with Crippen LogP contribution in [0.2, 0.25) is 0 Å². The Morgan fingerprint density at radius 1 is 1.00 bits per heavy atom. The van der Waals surface area contributed by atoms with Crippen LogP contribution in [0, 0.1) is 6.92 Å². The smallest absolute Gasteiger partial charge is 0.124 e. The van der Waals surface area contributed by atoms with Gasteiger partial charge in [0, 0.05) is 32.4 Å². The SMILES string of the molecule is Cc1ccnc([C@@H]2CCC[C@H](c3nc4cccc(N5CCN(C)CC5)c4[nH]3)N2C)c1. The number of hydrogen-bond donors (Lipinski definition) is 1. The number of likely N-dealkylation sites (N-methyl/N-ethyl adjacent to an activating group) is 1. The molecule has 1 aromatic carbocycles. The first-order valence-corrected chi connectivity index (χ1v) is 11.2. The number of rotatable bonds is 3. The molecule has 0 saturated carbocycles. The fourth-order valence-electron chi connectivity index (χ4n) is 5.06. The van der Waals surface area contributed by atoms with Gasteiger partial charge in [0.2, 0.25) is 0 Å². The summed E-state index contributed by atoms with van der Waals surface area (Å²) in [6.07, 6.45) is 5.40. The lowest BCUT2D eigenvalue weighted by Gasteiger charge is -2.38. The largest absolute Gasteiger partial charge is 0.367 e. The summed E-state index contributed by atoms with van der Waals surface area (Å²) in [5.41, 5.74) is 5.99. The van der Waals surface area contributed by atoms with E-state index in [-0.39, 0.29) is 0 Å². The Morgan fingerprint density at radius 2 is 1.80 bits per heavy atom. The summed E-state index contributed by atoms with van der Waals surface area (Å²) in [7, 11) is 4.43. The second kappa shape index (κ2) is 8.00. The Labute approximate surface area is 178 Å². The number of aromatic nitrogens is 3. The average molecular weight is 405 g/mol. The lowest BCUT2D eigenvalue weighted by molar-refractivity contribution is 0.107. The molecule has 0 amide bonds. The number of piperidine rings is 1. The molecule has 2 aromatic heterocycles. The average Bonchev–Trinajstić information content (AvgIpc) is 3.19. The van der Waals surface area contributed by atoms with E-state index in [0.717, 1.165) is 50.4 Å². The number of nitrogens with zero attached hydrogens (tertiary/aromatic N) is 5. The van der Waals surface area contributed by atoms with Crippen LogP contribution in [-0.4, -0.2) is 65.0 Å². The lowest BCUT2D eigenvalue weighted by Crippen LogP contribution is -2.44. The number of anilines is 1. The van der Waals surface area contributed by atoms with Crippen LogP contribution in [-0.2, 0) is 0 Å². The van der Waals surface area contributed by atoms with Crippen molar-refractivity contribution in [3.8, 4) is 0 Å². The second-order valence-electron chi connectivity index (χ2n) is 8.97. The molecule has 6 nitrogen and oxygen atoms in total. The summed E-state index contributed by atoms with van der Waals surface area (Å²) in [5.74, 6) is 1.09. The van der Waals surface area contributed by atoms with Crippen LogP contribution in [0.25, 0.3) is 11.0 Å². The van der Waals surface area contributed by atoms with Gasteiger partial charge < -0.3 is 14.8 Å². The highest BCUT2D eigenvalue weighted by Gasteiger charge is 2.32. The molecule has 2 fully saturated rings. The summed E-state index contributed by atoms with van der Waals surface area (Å²) in [4.78, 5) is 20.8. The Kier molecular flexibility index (Phi) is 5.21. The van der Waals surface area contributed by atoms with Crippen LogP contribution in [0.5, 0.6) is 0 Å². The number of benzene rings is 1. The van der Waals surface area contributed by atoms with Crippen LogP contribution in [0.3, 0.4) is 0 Å². The van der Waals surface area contributed by atoms with Gasteiger partial charge in [-0.3, -0.25) is 9.88 Å². The second-order valence-corrected chi connectivity index (χ2v) is 8.97. The normalized spacial score (nSPS) is 23.9. The van der Waals surface area contributed by atoms with Gasteiger partial charge in [-0.05, 0) is 70.1 Å². The Hall–Kier alpha value is -2.44. The first-order valence-electron chi connectivity index (χ1n) is 11.2. The van der Waals surface area contributed by atoms with Gasteiger partial charge in [-0.15, -0.1) is 0 Å². The summed E-state index contributed by atoms with van der Waals surface area (Å²) in [5, 5.41) is 0. The number of H-pyrrole nitrogens is 1. The molecule has 30 heavy (non-hydrogen) atoms. The molecule has 3 aromatic rings. The van der Waals surface area contributed by atoms with Crippen molar-refractivity contribution in [2.24, 2.45) is 0 Å². The number of fused-ring (bicyclic) bond motifs is 1. The summed E-state index contributed by atoms with van der Waals surface area (Å²) in [6, 6.07) is 11.4. The Balaban J connectivity index is 1.45. The minimum Gasteiger partial charge on any atom is -0.367 e. The predicted molar refractivity (Wildman–Crippen MR) is 122 cm³/mol. The molecule has 5 rings (SSSR count). The molecular formula is C24H32N6. The maximum atomic E-state index is 5.05. The molecule has 2 aliphatic rings. The minimum atomic E-state index is 0.291. The summed E-state index contributed by atoms with van der Waals surface area (Å²) < 4.78 is 0. The molecule has 0 bridgehead atoms. The number of likely N-dealkylation sites (tertiary alicyclic amines) is 1. The van der Waals surface area contributed by atoms with Gasteiger partial charge in [-0.25, -0.2) is 4.98 Å². The monoisotopic (exact) mass is 404 g/mol. The van der Waals surface area contributed by atoms with Crippen molar-refractivity contribution in [3.63, 3.8) is 0 Å². The van der Waals surface area contributed by atoms with Gasteiger partial charge in [0.05, 0.1) is 34.5 Å². The van der Waals surface area contributed by atoms with E-state index in [1.807, 2.05) is 6.20 Å². The summed E-state index contributed by atoms with van der Waals surface area (Å²) >= 11 is 0. The predicted octanol–water partition coefficient (Wildman–Crippen LogP) is 3.92. The highest BCUT2D eigenvalue weighted by atomic mass is 15.3. The number of para-hydroxylation sites is 1. The van der Waals surface area contributed by atoms with E-state index < -0.39 is 0 Å². The molecule has 0 spiro atoms. The van der Waals surface area contributed by atoms with Crippen molar-refractivity contribution in [1.82, 2.24) is 24.8 Å². The van der Waals surface area contributed by atoms with Gasteiger partial charge in [0.15, 0.2) is 0 Å². The molecule has 2 aliphatic heterocycles. The number of pyridine rings is 1. The molecule has 0 unspecified atom stereocenters. The lowest BCUT2D eigenvalue weighted by atomic mass is 9.93. The molecule has 4 heterocycles. The van der Waals surface area contributed by atoms with Crippen molar-refractivity contribution < 1.29 is 0 Å². The number of imidazole rings is 1. The number of aromatic amines is 1. The van der Waals surface area contributed by atoms with Crippen molar-refractivity contribution in [2.75, 3.05) is 45.2 Å². The van der Waals surface area contributed by atoms with Crippen molar-refractivity contribution >= 4 is 16.7 Å². The van der Waals surface area contributed by atoms with Crippen LogP contribution in [0.15, 0.2) is 36.5 Å². The molecular weight excluding hydrogens is 372 g/mol. The topological polar surface area (TPSA) is 51.3 Å². The zero-order chi connectivity index (χ0) is 20.7. The fraction of sp³-hybridized carbons (Fsp3) is 0.500. The van der Waals surface area contributed by atoms with E-state index >= 15 is 0 Å². The molecule has 0 radical (unpaired) electrons. The minimum absolute atomic E-state index is 0.291. The van der Waals surface area contributed by atoms with Crippen LogP contribution < -0.4 is 4.90 Å². The van der Waals surface area contributed by atoms with Crippen molar-refractivity contribution in [2.45, 2.75) is 38.3 Å². The van der Waals surface area contributed by atoms with Gasteiger partial charge >= 0.3 is 0 Å². The standard InChI is InChI=1S/C24H32N6/c1-17-10-11-25-19(16-17)20-7-5-9-22(29(20)3)24-26-18-6-4-8-21(23(18)27-24)30-14-12-28(2)13-15-30/h4,6,8,10-11,16,20,22H,5,7,9,12-15H2,1-3H3,(H,26,27)/t20-,22+/m0/s1. The molecule has 6 heteroatoms. The molecule has 1 N–H and O–H groups in total. The third kappa shape index (κ3) is 3.59. The number of piperazine rings is 1. The highest BCUT2D eigenvalue weighted by molar-refractivity contribution is 5.89. The van der Waals surface area contributed by atoms with Crippen molar-refractivity contribution in [1.29, 1.82) is 0 Å². The van der Waals surface area contributed by atoms with Gasteiger partial charge in [0.25, 0.3) is 0 Å². The van der Waals surface area contributed by atoms with E-state index in [9.17, 15) is 0 Å². The van der Waals surface area contributed by atoms with Crippen LogP contribution in [0.1, 0.15) is 48.4 Å². The van der Waals surface area contributed by atoms with Crippen LogP contribution >= 0.6 is 0 Å². The highest BCUT2D eigenvalue weighted by Crippen LogP contribution is 2.40. The molecule has 0 aliphatic carbocycles. The third-order valence-corrected chi connectivity index (χ3v) is 6.89. The molecule has 2 atom stereocenters. The zero-order valence-electron chi connectivity index (χ0n) is 18.3. The number of hydrogen-bond acceptors (Lipinski definition) is 5. The van der Waals surface area contributed by atoms with Gasteiger partial charge in [-0.2, -0.15) is 0 Å². The van der Waals surface area contributed by atoms with Crippen molar-refractivity contribution in [3.05, 3.63) is 53.6 Å². The van der Waals surface area contributed by atoms with E-state index in [1.165, 1.54) is 28.9 Å². The first-order chi connectivity index (χ1) is 14.6. The fourth-order valence-corrected chi connectivity index (χ4v) is 5.06. The quantitative estimate of drug-likeness (QED) is 0.717. The van der Waals surface area contributed by atoms with E-state index in [1.54, 1.807) is 0 Å². The Bertz CT molecular complexity index is 1020. The van der Waals surface area contributed by atoms with E-state index in [4.69, 9.17) is 4.98 Å². The molecule has 2 saturated heterocycles. The van der Waals surface area contributed by atoms with Gasteiger partial charge in [0.1, 0.15) is 5.82 Å². The van der Waals surface area contributed by atoms with E-state index in [0.29, 0.717) is 12.1 Å². The zero-order valence-corrected chi connectivity index (χ0v) is 18.3. The number of aryl methyl sites for hydroxylation is 1. The van der Waals surface area contributed by atoms with Crippen LogP contribution in [0.4, 0.5) is 5.69 Å². The van der Waals surface area contributed by atoms with Gasteiger partial charge in [-0.1, -0.05) is 6.07 Å². The maximum Gasteiger partial charge on any atom is 0.124 e. The maximum absolute atomic E-state index is 5.05. The first kappa shape index (κ1) is 19.5. The summed E-state index contributed by atoms with van der Waals surface area (Å²) in [6.45, 7) is 6.48. The van der Waals surface area contributed by atoms with E-state index in [2.05, 4.69) is 76.0 Å².